The van der Waals surface area contributed by atoms with Crippen LogP contribution in [0.3, 0.4) is 0 Å². The first kappa shape index (κ1) is 21.8. The Morgan fingerprint density at radius 2 is 1.93 bits per heavy atom. The second-order valence-electron chi connectivity index (χ2n) is 7.99. The highest BCUT2D eigenvalue weighted by molar-refractivity contribution is 5.76. The minimum Gasteiger partial charge on any atom is -0.115 e. The first-order valence-electron chi connectivity index (χ1n) is 10.5. The van der Waals surface area contributed by atoms with E-state index in [1.54, 1.807) is 0 Å². The number of hydrogen-bond donors (Lipinski definition) is 0. The Morgan fingerprint density at radius 3 is 2.61 bits per heavy atom. The van der Waals surface area contributed by atoms with Gasteiger partial charge in [-0.1, -0.05) is 94.5 Å². The summed E-state index contributed by atoms with van der Waals surface area (Å²) in [6, 6.07) is 14.9. The van der Waals surface area contributed by atoms with E-state index in [4.69, 9.17) is 6.42 Å². The van der Waals surface area contributed by atoms with Gasteiger partial charge in [0.2, 0.25) is 0 Å². The molecule has 0 N–H and O–H groups in total. The van der Waals surface area contributed by atoms with Crippen LogP contribution in [-0.2, 0) is 0 Å². The molecule has 0 amide bonds. The molecule has 0 fully saturated rings. The smallest absolute Gasteiger partial charge is 0.0277 e. The van der Waals surface area contributed by atoms with Crippen LogP contribution in [0.2, 0.25) is 0 Å². The number of rotatable bonds is 8. The van der Waals surface area contributed by atoms with Crippen molar-refractivity contribution in [2.75, 3.05) is 0 Å². The van der Waals surface area contributed by atoms with E-state index in [0.717, 1.165) is 22.8 Å². The molecule has 0 heterocycles. The maximum Gasteiger partial charge on any atom is 0.0277 e. The largest absolute Gasteiger partial charge is 0.115 e. The predicted molar refractivity (Wildman–Crippen MR) is 125 cm³/mol. The standard InChI is InChI=1S/C28H34/c1-7-9-10-13-21(3)18-27(28-15-12-11-14-23(28)5)19-24(6)26-17-16-22(4)25(8-2)20-26/h2,11-12,14-17,19-21H,5,7,9-10,13,18H2,1,3-4,6H3/b24-19+,28-27-. The van der Waals surface area contributed by atoms with Crippen LogP contribution in [0.5, 0.6) is 0 Å². The lowest BCUT2D eigenvalue weighted by atomic mass is 9.91. The third-order valence-electron chi connectivity index (χ3n) is 5.47. The minimum atomic E-state index is 0.657. The molecule has 2 aromatic carbocycles. The van der Waals surface area contributed by atoms with Crippen LogP contribution >= 0.6 is 0 Å². The molecule has 1 atom stereocenters. The molecule has 0 aromatic heterocycles. The summed E-state index contributed by atoms with van der Waals surface area (Å²) in [6.45, 7) is 13.1. The molecule has 0 nitrogen and oxygen atoms in total. The highest BCUT2D eigenvalue weighted by Gasteiger charge is 2.08. The van der Waals surface area contributed by atoms with E-state index in [2.05, 4.69) is 88.7 Å². The molecule has 0 radical (unpaired) electrons. The first-order valence-corrected chi connectivity index (χ1v) is 10.5. The maximum absolute atomic E-state index is 5.67. The monoisotopic (exact) mass is 370 g/mol. The molecule has 0 spiro atoms. The summed E-state index contributed by atoms with van der Waals surface area (Å²) in [5.41, 5.74) is 5.93. The second-order valence-corrected chi connectivity index (χ2v) is 7.99. The SMILES string of the molecule is C#Cc1cc(/C(C)=C/C(CC(C)CCCCC)=c2/ccccc2=C)ccc1C. The van der Waals surface area contributed by atoms with Crippen LogP contribution in [0.15, 0.2) is 48.5 Å². The number of benzene rings is 2. The van der Waals surface area contributed by atoms with E-state index in [-0.39, 0.29) is 0 Å². The van der Waals surface area contributed by atoms with E-state index in [1.807, 2.05) is 0 Å². The molecule has 2 rings (SSSR count). The molecule has 0 saturated carbocycles. The summed E-state index contributed by atoms with van der Waals surface area (Å²) in [6.07, 6.45) is 14.3. The van der Waals surface area contributed by atoms with E-state index in [9.17, 15) is 0 Å². The Balaban J connectivity index is 2.44. The summed E-state index contributed by atoms with van der Waals surface area (Å²) in [4.78, 5) is 0. The van der Waals surface area contributed by atoms with Gasteiger partial charge in [-0.05, 0) is 65.0 Å². The molecule has 2 aromatic rings. The van der Waals surface area contributed by atoms with Crippen molar-refractivity contribution in [1.29, 1.82) is 0 Å². The van der Waals surface area contributed by atoms with Crippen molar-refractivity contribution >= 4 is 17.7 Å². The molecular formula is C28H34. The number of unbranched alkanes of at least 4 members (excludes halogenated alkanes) is 2. The Bertz CT molecular complexity index is 966. The molecular weight excluding hydrogens is 336 g/mol. The Kier molecular flexibility index (Phi) is 8.34. The summed E-state index contributed by atoms with van der Waals surface area (Å²) < 4.78 is 0. The van der Waals surface area contributed by atoms with Crippen LogP contribution in [0.1, 0.15) is 69.6 Å². The normalized spacial score (nSPS) is 13.8. The van der Waals surface area contributed by atoms with Gasteiger partial charge in [0, 0.05) is 5.56 Å². The van der Waals surface area contributed by atoms with Crippen molar-refractivity contribution in [1.82, 2.24) is 0 Å². The summed E-state index contributed by atoms with van der Waals surface area (Å²) in [7, 11) is 0. The van der Waals surface area contributed by atoms with Crippen LogP contribution < -0.4 is 10.4 Å². The molecule has 0 aliphatic carbocycles. The molecule has 146 valence electrons. The van der Waals surface area contributed by atoms with E-state index in [0.29, 0.717) is 5.92 Å². The van der Waals surface area contributed by atoms with Gasteiger partial charge >= 0.3 is 0 Å². The number of hydrogen-bond acceptors (Lipinski definition) is 0. The van der Waals surface area contributed by atoms with Crippen molar-refractivity contribution in [3.05, 3.63) is 75.7 Å². The van der Waals surface area contributed by atoms with Crippen LogP contribution in [0.25, 0.3) is 17.7 Å². The fourth-order valence-corrected chi connectivity index (χ4v) is 3.67. The average Bonchev–Trinajstić information content (AvgIpc) is 2.68. The molecule has 0 heteroatoms. The summed E-state index contributed by atoms with van der Waals surface area (Å²) in [5, 5.41) is 2.35. The fourth-order valence-electron chi connectivity index (χ4n) is 3.67. The topological polar surface area (TPSA) is 0 Å². The lowest BCUT2D eigenvalue weighted by Gasteiger charge is -2.14. The number of aryl methyl sites for hydroxylation is 1. The second kappa shape index (κ2) is 10.7. The first-order chi connectivity index (χ1) is 13.5. The van der Waals surface area contributed by atoms with Gasteiger partial charge < -0.3 is 0 Å². The van der Waals surface area contributed by atoms with E-state index < -0.39 is 0 Å². The van der Waals surface area contributed by atoms with Crippen LogP contribution in [0.4, 0.5) is 0 Å². The van der Waals surface area contributed by atoms with E-state index in [1.165, 1.54) is 47.6 Å². The average molecular weight is 371 g/mol. The van der Waals surface area contributed by atoms with Gasteiger partial charge in [-0.25, -0.2) is 0 Å². The Hall–Kier alpha value is -2.52. The van der Waals surface area contributed by atoms with Gasteiger partial charge in [-0.2, -0.15) is 0 Å². The van der Waals surface area contributed by atoms with Crippen molar-refractivity contribution < 1.29 is 0 Å². The number of allylic oxidation sites excluding steroid dienone is 2. The van der Waals surface area contributed by atoms with Gasteiger partial charge in [0.25, 0.3) is 0 Å². The fraction of sp³-hybridized carbons (Fsp3) is 0.357. The molecule has 0 bridgehead atoms. The van der Waals surface area contributed by atoms with Crippen molar-refractivity contribution in [3.63, 3.8) is 0 Å². The molecule has 0 aliphatic heterocycles. The lowest BCUT2D eigenvalue weighted by molar-refractivity contribution is 0.505. The van der Waals surface area contributed by atoms with Crippen molar-refractivity contribution in [2.24, 2.45) is 5.92 Å². The maximum atomic E-state index is 5.67. The van der Waals surface area contributed by atoms with Gasteiger partial charge in [0.15, 0.2) is 0 Å². The lowest BCUT2D eigenvalue weighted by Crippen LogP contribution is -2.25. The quantitative estimate of drug-likeness (QED) is 0.381. The zero-order valence-electron chi connectivity index (χ0n) is 18.0. The molecule has 0 saturated heterocycles. The van der Waals surface area contributed by atoms with Crippen molar-refractivity contribution in [2.45, 2.75) is 59.8 Å². The van der Waals surface area contributed by atoms with Crippen LogP contribution in [0, 0.1) is 25.2 Å². The summed E-state index contributed by atoms with van der Waals surface area (Å²) in [5.74, 6) is 3.46. The highest BCUT2D eigenvalue weighted by atomic mass is 14.1. The molecule has 1 unspecified atom stereocenters. The Labute approximate surface area is 171 Å². The zero-order valence-corrected chi connectivity index (χ0v) is 18.0. The third kappa shape index (κ3) is 6.00. The summed E-state index contributed by atoms with van der Waals surface area (Å²) >= 11 is 0. The number of terminal acetylenes is 1. The van der Waals surface area contributed by atoms with Crippen LogP contribution in [-0.4, -0.2) is 0 Å². The highest BCUT2D eigenvalue weighted by Crippen LogP contribution is 2.24. The van der Waals surface area contributed by atoms with Gasteiger partial charge in [0.05, 0.1) is 0 Å². The van der Waals surface area contributed by atoms with Crippen molar-refractivity contribution in [3.8, 4) is 12.3 Å². The minimum absolute atomic E-state index is 0.657. The van der Waals surface area contributed by atoms with Gasteiger partial charge in [-0.15, -0.1) is 6.42 Å². The zero-order chi connectivity index (χ0) is 20.5. The van der Waals surface area contributed by atoms with Gasteiger partial charge in [0.1, 0.15) is 0 Å². The Morgan fingerprint density at radius 1 is 1.18 bits per heavy atom. The molecule has 28 heavy (non-hydrogen) atoms. The molecule has 0 aliphatic rings. The van der Waals surface area contributed by atoms with E-state index >= 15 is 0 Å². The third-order valence-corrected chi connectivity index (χ3v) is 5.47. The van der Waals surface area contributed by atoms with Gasteiger partial charge in [-0.3, -0.25) is 0 Å². The predicted octanol–water partition coefficient (Wildman–Crippen LogP) is 6.25.